The van der Waals surface area contributed by atoms with E-state index in [1.807, 2.05) is 0 Å². The van der Waals surface area contributed by atoms with Crippen molar-refractivity contribution in [2.45, 2.75) is 5.16 Å². The first-order valence-corrected chi connectivity index (χ1v) is 8.93. The molecule has 0 aromatic carbocycles. The van der Waals surface area contributed by atoms with Gasteiger partial charge in [-0.25, -0.2) is 18.4 Å². The number of thioether (sulfide) groups is 1. The standard InChI is InChI=1S/C11H16N4O3S2/c1-20(17,18)15-7-5-14(6-8-15)10(16)9-19-11-12-3-2-4-13-11/h2-4H,5-9H2,1H3. The number of nitrogens with zero attached hydrogens (tertiary/aromatic N) is 4. The van der Waals surface area contributed by atoms with Crippen molar-refractivity contribution >= 4 is 27.7 Å². The van der Waals surface area contributed by atoms with E-state index in [-0.39, 0.29) is 11.7 Å². The van der Waals surface area contributed by atoms with Crippen molar-refractivity contribution in [3.05, 3.63) is 18.5 Å². The van der Waals surface area contributed by atoms with Gasteiger partial charge < -0.3 is 4.90 Å². The maximum absolute atomic E-state index is 12.0. The number of amides is 1. The van der Waals surface area contributed by atoms with Crippen LogP contribution >= 0.6 is 11.8 Å². The van der Waals surface area contributed by atoms with Crippen molar-refractivity contribution in [2.24, 2.45) is 0 Å². The lowest BCUT2D eigenvalue weighted by Crippen LogP contribution is -2.50. The molecular formula is C11H16N4O3S2. The van der Waals surface area contributed by atoms with Crippen molar-refractivity contribution in [1.82, 2.24) is 19.2 Å². The number of hydrogen-bond donors (Lipinski definition) is 0. The average molecular weight is 316 g/mol. The molecular weight excluding hydrogens is 300 g/mol. The molecule has 0 spiro atoms. The molecule has 0 unspecified atom stereocenters. The summed E-state index contributed by atoms with van der Waals surface area (Å²) in [6.45, 7) is 1.58. The third kappa shape index (κ3) is 4.15. The Hall–Kier alpha value is -1.19. The fraction of sp³-hybridized carbons (Fsp3) is 0.545. The molecule has 1 aliphatic heterocycles. The number of carbonyl (C=O) groups excluding carboxylic acids is 1. The van der Waals surface area contributed by atoms with Crippen LogP contribution in [0.3, 0.4) is 0 Å². The van der Waals surface area contributed by atoms with Gasteiger partial charge in [0.15, 0.2) is 5.16 Å². The first-order valence-electron chi connectivity index (χ1n) is 6.09. The molecule has 0 saturated carbocycles. The SMILES string of the molecule is CS(=O)(=O)N1CCN(C(=O)CSc2ncccn2)CC1. The van der Waals surface area contributed by atoms with E-state index in [1.54, 1.807) is 23.4 Å². The van der Waals surface area contributed by atoms with E-state index >= 15 is 0 Å². The van der Waals surface area contributed by atoms with Crippen LogP contribution in [0.4, 0.5) is 0 Å². The Balaban J connectivity index is 1.80. The molecule has 1 aromatic rings. The van der Waals surface area contributed by atoms with Gasteiger partial charge in [-0.1, -0.05) is 11.8 Å². The minimum atomic E-state index is -3.16. The van der Waals surface area contributed by atoms with E-state index in [9.17, 15) is 13.2 Å². The summed E-state index contributed by atoms with van der Waals surface area (Å²) < 4.78 is 24.1. The molecule has 1 amide bonds. The van der Waals surface area contributed by atoms with Gasteiger partial charge in [0, 0.05) is 38.6 Å². The molecule has 0 bridgehead atoms. The van der Waals surface area contributed by atoms with Crippen molar-refractivity contribution in [1.29, 1.82) is 0 Å². The quantitative estimate of drug-likeness (QED) is 0.559. The maximum Gasteiger partial charge on any atom is 0.233 e. The summed E-state index contributed by atoms with van der Waals surface area (Å²) in [5, 5.41) is 0.565. The van der Waals surface area contributed by atoms with E-state index in [0.29, 0.717) is 31.3 Å². The molecule has 0 atom stereocenters. The molecule has 2 rings (SSSR count). The molecule has 0 N–H and O–H groups in total. The fourth-order valence-corrected chi connectivity index (χ4v) is 3.38. The molecule has 1 aliphatic rings. The third-order valence-electron chi connectivity index (χ3n) is 2.93. The molecule has 9 heteroatoms. The Bertz CT molecular complexity index is 556. The lowest BCUT2D eigenvalue weighted by atomic mass is 10.3. The second-order valence-corrected chi connectivity index (χ2v) is 7.29. The summed E-state index contributed by atoms with van der Waals surface area (Å²) >= 11 is 1.28. The number of piperazine rings is 1. The third-order valence-corrected chi connectivity index (χ3v) is 5.09. The molecule has 7 nitrogen and oxygen atoms in total. The zero-order chi connectivity index (χ0) is 14.6. The number of rotatable bonds is 4. The summed E-state index contributed by atoms with van der Waals surface area (Å²) in [4.78, 5) is 21.8. The van der Waals surface area contributed by atoms with E-state index in [4.69, 9.17) is 0 Å². The summed E-state index contributed by atoms with van der Waals surface area (Å²) in [5.41, 5.74) is 0. The second kappa shape index (κ2) is 6.51. The fourth-order valence-electron chi connectivity index (χ4n) is 1.85. The summed E-state index contributed by atoms with van der Waals surface area (Å²) in [5.74, 6) is 0.249. The lowest BCUT2D eigenvalue weighted by Gasteiger charge is -2.33. The number of sulfonamides is 1. The number of carbonyl (C=O) groups is 1. The smallest absolute Gasteiger partial charge is 0.233 e. The van der Waals surface area contributed by atoms with Crippen molar-refractivity contribution in [3.8, 4) is 0 Å². The van der Waals surface area contributed by atoms with Crippen LogP contribution in [0.2, 0.25) is 0 Å². The summed E-state index contributed by atoms with van der Waals surface area (Å²) in [6, 6.07) is 1.72. The van der Waals surface area contributed by atoms with E-state index in [2.05, 4.69) is 9.97 Å². The van der Waals surface area contributed by atoms with E-state index in [1.165, 1.54) is 22.3 Å². The highest BCUT2D eigenvalue weighted by atomic mass is 32.2. The highest BCUT2D eigenvalue weighted by Crippen LogP contribution is 2.13. The Morgan fingerprint density at radius 3 is 2.40 bits per heavy atom. The predicted octanol–water partition coefficient (Wildman–Crippen LogP) is -0.327. The van der Waals surface area contributed by atoms with Gasteiger partial charge in [-0.15, -0.1) is 0 Å². The summed E-state index contributed by atoms with van der Waals surface area (Å²) in [6.07, 6.45) is 4.45. The molecule has 2 heterocycles. The van der Waals surface area contributed by atoms with Crippen LogP contribution in [0.1, 0.15) is 0 Å². The zero-order valence-electron chi connectivity index (χ0n) is 11.1. The second-order valence-electron chi connectivity index (χ2n) is 4.36. The maximum atomic E-state index is 12.0. The molecule has 1 fully saturated rings. The van der Waals surface area contributed by atoms with Gasteiger partial charge in [-0.3, -0.25) is 4.79 Å². The van der Waals surface area contributed by atoms with E-state index < -0.39 is 10.0 Å². The molecule has 1 saturated heterocycles. The van der Waals surface area contributed by atoms with Crippen LogP contribution in [0.15, 0.2) is 23.6 Å². The van der Waals surface area contributed by atoms with Crippen molar-refractivity contribution in [2.75, 3.05) is 38.2 Å². The van der Waals surface area contributed by atoms with Gasteiger partial charge in [0.2, 0.25) is 15.9 Å². The zero-order valence-corrected chi connectivity index (χ0v) is 12.7. The van der Waals surface area contributed by atoms with Gasteiger partial charge in [-0.2, -0.15) is 4.31 Å². The Labute approximate surface area is 122 Å². The Kier molecular flexibility index (Phi) is 4.95. The molecule has 20 heavy (non-hydrogen) atoms. The predicted molar refractivity (Wildman–Crippen MR) is 75.8 cm³/mol. The minimum Gasteiger partial charge on any atom is -0.339 e. The van der Waals surface area contributed by atoms with Gasteiger partial charge in [0.25, 0.3) is 0 Å². The molecule has 0 aliphatic carbocycles. The number of aromatic nitrogens is 2. The van der Waals surface area contributed by atoms with Gasteiger partial charge in [0.05, 0.1) is 12.0 Å². The van der Waals surface area contributed by atoms with Gasteiger partial charge in [-0.05, 0) is 6.07 Å². The van der Waals surface area contributed by atoms with Crippen LogP contribution in [-0.2, 0) is 14.8 Å². The minimum absolute atomic E-state index is 0.0180. The Morgan fingerprint density at radius 1 is 1.25 bits per heavy atom. The van der Waals surface area contributed by atoms with Crippen molar-refractivity contribution < 1.29 is 13.2 Å². The molecule has 1 aromatic heterocycles. The van der Waals surface area contributed by atoms with E-state index in [0.717, 1.165) is 0 Å². The van der Waals surface area contributed by atoms with Crippen LogP contribution < -0.4 is 0 Å². The highest BCUT2D eigenvalue weighted by molar-refractivity contribution is 7.99. The van der Waals surface area contributed by atoms with Crippen LogP contribution in [0.25, 0.3) is 0 Å². The van der Waals surface area contributed by atoms with Crippen LogP contribution in [-0.4, -0.2) is 71.7 Å². The highest BCUT2D eigenvalue weighted by Gasteiger charge is 2.25. The molecule has 110 valence electrons. The summed E-state index contributed by atoms with van der Waals surface area (Å²) in [7, 11) is -3.16. The average Bonchev–Trinajstić information content (AvgIpc) is 2.45. The lowest BCUT2D eigenvalue weighted by molar-refractivity contribution is -0.129. The normalized spacial score (nSPS) is 17.1. The van der Waals surface area contributed by atoms with Gasteiger partial charge in [0.1, 0.15) is 0 Å². The van der Waals surface area contributed by atoms with Crippen molar-refractivity contribution in [3.63, 3.8) is 0 Å². The first-order chi connectivity index (χ1) is 9.47. The van der Waals surface area contributed by atoms with Crippen LogP contribution in [0.5, 0.6) is 0 Å². The van der Waals surface area contributed by atoms with Crippen LogP contribution in [0, 0.1) is 0 Å². The first kappa shape index (κ1) is 15.2. The Morgan fingerprint density at radius 2 is 1.85 bits per heavy atom. The monoisotopic (exact) mass is 316 g/mol. The number of hydrogen-bond acceptors (Lipinski definition) is 6. The van der Waals surface area contributed by atoms with Gasteiger partial charge >= 0.3 is 0 Å². The largest absolute Gasteiger partial charge is 0.339 e. The molecule has 0 radical (unpaired) electrons. The topological polar surface area (TPSA) is 83.5 Å².